The molecule has 1 aromatic heterocycles. The summed E-state index contributed by atoms with van der Waals surface area (Å²) in [6, 6.07) is 6.55. The Hall–Kier alpha value is -2.05. The number of sulfonamides is 1. The summed E-state index contributed by atoms with van der Waals surface area (Å²) >= 11 is 12.2. The summed E-state index contributed by atoms with van der Waals surface area (Å²) < 4.78 is 71.3. The average molecular weight is 564 g/mol. The maximum Gasteiger partial charge on any atom is 0.264 e. The van der Waals surface area contributed by atoms with Gasteiger partial charge in [-0.05, 0) is 43.7 Å². The highest BCUT2D eigenvalue weighted by atomic mass is 35.5. The van der Waals surface area contributed by atoms with Gasteiger partial charge < -0.3 is 14.6 Å². The first-order valence-electron chi connectivity index (χ1n) is 10.9. The van der Waals surface area contributed by atoms with Crippen LogP contribution < -0.4 is 9.46 Å². The van der Waals surface area contributed by atoms with Gasteiger partial charge in [0.05, 0.1) is 39.4 Å². The molecule has 1 fully saturated rings. The van der Waals surface area contributed by atoms with E-state index in [4.69, 9.17) is 27.9 Å². The van der Waals surface area contributed by atoms with E-state index in [1.54, 1.807) is 0 Å². The summed E-state index contributed by atoms with van der Waals surface area (Å²) in [5.74, 6) is -0.349. The topological polar surface area (TPSA) is 109 Å². The molecule has 3 aromatic rings. The van der Waals surface area contributed by atoms with E-state index in [0.29, 0.717) is 47.1 Å². The van der Waals surface area contributed by atoms with Crippen molar-refractivity contribution < 1.29 is 26.0 Å². The van der Waals surface area contributed by atoms with Gasteiger partial charge in [-0.3, -0.25) is 4.72 Å². The van der Waals surface area contributed by atoms with Crippen LogP contribution in [0.15, 0.2) is 41.4 Å². The van der Waals surface area contributed by atoms with E-state index in [1.165, 1.54) is 24.4 Å². The Morgan fingerprint density at radius 1 is 1.09 bits per heavy atom. The molecule has 2 aromatic carbocycles. The summed E-state index contributed by atoms with van der Waals surface area (Å²) in [4.78, 5) is 4.44. The van der Waals surface area contributed by atoms with E-state index in [-0.39, 0.29) is 22.9 Å². The second-order valence-electron chi connectivity index (χ2n) is 8.23. The number of rotatable bonds is 9. The molecule has 1 saturated heterocycles. The minimum atomic E-state index is -4.24. The third-order valence-corrected chi connectivity index (χ3v) is 9.37. The Labute approximate surface area is 213 Å². The van der Waals surface area contributed by atoms with Gasteiger partial charge in [-0.1, -0.05) is 23.2 Å². The van der Waals surface area contributed by atoms with Gasteiger partial charge in [0.15, 0.2) is 9.84 Å². The predicted molar refractivity (Wildman–Crippen MR) is 135 cm³/mol. The number of aromatic nitrogens is 1. The van der Waals surface area contributed by atoms with Crippen LogP contribution in [-0.2, 0) is 19.9 Å². The molecule has 0 bridgehead atoms. The van der Waals surface area contributed by atoms with Crippen molar-refractivity contribution in [2.45, 2.75) is 17.7 Å². The largest absolute Gasteiger partial charge is 0.493 e. The zero-order chi connectivity index (χ0) is 25.2. The van der Waals surface area contributed by atoms with E-state index in [0.717, 1.165) is 25.1 Å². The first-order valence-corrected chi connectivity index (χ1v) is 14.9. The summed E-state index contributed by atoms with van der Waals surface area (Å²) in [6.07, 6.45) is 2.98. The summed E-state index contributed by atoms with van der Waals surface area (Å²) in [5, 5.41) is 1.15. The fraction of sp³-hybridized carbons (Fsp3) is 0.364. The van der Waals surface area contributed by atoms with Crippen molar-refractivity contribution in [3.05, 3.63) is 52.4 Å². The van der Waals surface area contributed by atoms with Crippen LogP contribution in [-0.4, -0.2) is 64.5 Å². The summed E-state index contributed by atoms with van der Waals surface area (Å²) in [6.45, 7) is 2.17. The third-order valence-electron chi connectivity index (χ3n) is 5.75. The standard InChI is InChI=1S/C22H24Cl2FN3O5S2/c23-16-4-5-19(22-21(16)17(24)14-26-22)27-35(31,32)20-6-3-15(13-18(20)25)33-10-2-1-7-28-8-11-34(29,30)12-9-28/h3-6,13-14,26-27H,1-2,7-12H2. The lowest BCUT2D eigenvalue weighted by atomic mass is 10.2. The average Bonchev–Trinajstić information content (AvgIpc) is 3.19. The predicted octanol–water partition coefficient (Wildman–Crippen LogP) is 4.30. The molecule has 2 heterocycles. The first-order chi connectivity index (χ1) is 16.6. The van der Waals surface area contributed by atoms with Crippen LogP contribution >= 0.6 is 23.2 Å². The molecule has 2 N–H and O–H groups in total. The summed E-state index contributed by atoms with van der Waals surface area (Å²) in [5.41, 5.74) is 0.569. The number of fused-ring (bicyclic) bond motifs is 1. The van der Waals surface area contributed by atoms with Crippen LogP contribution in [0.2, 0.25) is 10.0 Å². The lowest BCUT2D eigenvalue weighted by Crippen LogP contribution is -2.40. The number of anilines is 1. The van der Waals surface area contributed by atoms with Crippen LogP contribution in [0, 0.1) is 5.82 Å². The number of aromatic amines is 1. The fourth-order valence-corrected chi connectivity index (χ4v) is 6.81. The van der Waals surface area contributed by atoms with Gasteiger partial charge in [-0.25, -0.2) is 21.2 Å². The molecule has 190 valence electrons. The fourth-order valence-electron chi connectivity index (χ4n) is 3.84. The van der Waals surface area contributed by atoms with Crippen molar-refractivity contribution in [2.75, 3.05) is 42.5 Å². The quantitative estimate of drug-likeness (QED) is 0.375. The maximum absolute atomic E-state index is 14.7. The molecule has 1 aliphatic rings. The molecule has 0 amide bonds. The number of sulfone groups is 1. The normalized spacial score (nSPS) is 16.4. The number of nitrogens with one attached hydrogen (secondary N) is 2. The van der Waals surface area contributed by atoms with Crippen molar-refractivity contribution in [2.24, 2.45) is 0 Å². The molecule has 0 radical (unpaired) electrons. The number of H-pyrrole nitrogens is 1. The smallest absolute Gasteiger partial charge is 0.264 e. The van der Waals surface area contributed by atoms with Crippen LogP contribution in [0.4, 0.5) is 10.1 Å². The Bertz CT molecular complexity index is 1430. The monoisotopic (exact) mass is 563 g/mol. The van der Waals surface area contributed by atoms with Gasteiger partial charge >= 0.3 is 0 Å². The van der Waals surface area contributed by atoms with Gasteiger partial charge in [-0.2, -0.15) is 0 Å². The minimum absolute atomic E-state index is 0.183. The van der Waals surface area contributed by atoms with E-state index in [9.17, 15) is 21.2 Å². The van der Waals surface area contributed by atoms with Crippen molar-refractivity contribution in [1.82, 2.24) is 9.88 Å². The minimum Gasteiger partial charge on any atom is -0.493 e. The maximum atomic E-state index is 14.7. The van der Waals surface area contributed by atoms with Crippen LogP contribution in [0.25, 0.3) is 10.9 Å². The Balaban J connectivity index is 1.33. The van der Waals surface area contributed by atoms with Crippen molar-refractivity contribution in [3.63, 3.8) is 0 Å². The SMILES string of the molecule is O=S1(=O)CCN(CCCCOc2ccc(S(=O)(=O)Nc3ccc(Cl)c4c(Cl)c[nH]c34)c(F)c2)CC1. The molecular weight excluding hydrogens is 540 g/mol. The van der Waals surface area contributed by atoms with Gasteiger partial charge in [-0.15, -0.1) is 0 Å². The highest BCUT2D eigenvalue weighted by Crippen LogP contribution is 2.35. The number of nitrogens with zero attached hydrogens (tertiary/aromatic N) is 1. The molecule has 4 rings (SSSR count). The van der Waals surface area contributed by atoms with E-state index in [2.05, 4.69) is 14.6 Å². The zero-order valence-corrected chi connectivity index (χ0v) is 21.7. The van der Waals surface area contributed by atoms with Gasteiger partial charge in [0.2, 0.25) is 0 Å². The van der Waals surface area contributed by atoms with Gasteiger partial charge in [0.1, 0.15) is 16.5 Å². The Morgan fingerprint density at radius 2 is 1.83 bits per heavy atom. The van der Waals surface area contributed by atoms with Gasteiger partial charge in [0.25, 0.3) is 10.0 Å². The van der Waals surface area contributed by atoms with Gasteiger partial charge in [0, 0.05) is 30.7 Å². The van der Waals surface area contributed by atoms with Crippen molar-refractivity contribution in [1.29, 1.82) is 0 Å². The molecule has 13 heteroatoms. The molecule has 0 spiro atoms. The van der Waals surface area contributed by atoms with Crippen molar-refractivity contribution >= 4 is 59.7 Å². The molecule has 0 aliphatic carbocycles. The second-order valence-corrected chi connectivity index (χ2v) is 13.0. The molecule has 0 unspecified atom stereocenters. The molecule has 0 atom stereocenters. The number of hydrogen-bond acceptors (Lipinski definition) is 6. The van der Waals surface area contributed by atoms with Crippen molar-refractivity contribution in [3.8, 4) is 5.75 Å². The third kappa shape index (κ3) is 6.21. The Kier molecular flexibility index (Phi) is 7.82. The summed E-state index contributed by atoms with van der Waals surface area (Å²) in [7, 11) is -7.14. The molecular formula is C22H24Cl2FN3O5S2. The molecule has 35 heavy (non-hydrogen) atoms. The number of hydrogen-bond donors (Lipinski definition) is 2. The lowest BCUT2D eigenvalue weighted by Gasteiger charge is -2.26. The molecule has 0 saturated carbocycles. The number of ether oxygens (including phenoxy) is 1. The Morgan fingerprint density at radius 3 is 2.54 bits per heavy atom. The molecule has 8 nitrogen and oxygen atoms in total. The highest BCUT2D eigenvalue weighted by Gasteiger charge is 2.23. The first kappa shape index (κ1) is 26.0. The highest BCUT2D eigenvalue weighted by molar-refractivity contribution is 7.92. The van der Waals surface area contributed by atoms with Crippen LogP contribution in [0.3, 0.4) is 0 Å². The lowest BCUT2D eigenvalue weighted by molar-refractivity contribution is 0.261. The van der Waals surface area contributed by atoms with Crippen LogP contribution in [0.1, 0.15) is 12.8 Å². The molecule has 1 aliphatic heterocycles. The van der Waals surface area contributed by atoms with E-state index >= 15 is 0 Å². The number of benzene rings is 2. The number of unbranched alkanes of at least 4 members (excludes halogenated alkanes) is 1. The van der Waals surface area contributed by atoms with E-state index < -0.39 is 30.6 Å². The van der Waals surface area contributed by atoms with E-state index in [1.807, 2.05) is 0 Å². The van der Waals surface area contributed by atoms with Crippen LogP contribution in [0.5, 0.6) is 5.75 Å². The second kappa shape index (κ2) is 10.5. The number of halogens is 3. The zero-order valence-electron chi connectivity index (χ0n) is 18.6.